The molecule has 100 valence electrons. The standard InChI is InChI=1S/C13H21N3O2/c1-5-12-11(8-16(4)15-12)13(17)14-6-7-18-9-10(2)3/h8H,2,5-7,9H2,1,3-4H3,(H,14,17). The largest absolute Gasteiger partial charge is 0.375 e. The maximum Gasteiger partial charge on any atom is 0.254 e. The van der Waals surface area contributed by atoms with Crippen LogP contribution in [0.25, 0.3) is 0 Å². The van der Waals surface area contributed by atoms with Crippen LogP contribution < -0.4 is 5.32 Å². The van der Waals surface area contributed by atoms with Crippen LogP contribution in [-0.4, -0.2) is 35.4 Å². The Morgan fingerprint density at radius 3 is 2.94 bits per heavy atom. The Hall–Kier alpha value is -1.62. The molecule has 1 N–H and O–H groups in total. The van der Waals surface area contributed by atoms with Crippen molar-refractivity contribution in [3.05, 3.63) is 29.6 Å². The summed E-state index contributed by atoms with van der Waals surface area (Å²) in [4.78, 5) is 11.9. The number of nitrogens with zero attached hydrogens (tertiary/aromatic N) is 2. The number of nitrogens with one attached hydrogen (secondary N) is 1. The molecular formula is C13H21N3O2. The van der Waals surface area contributed by atoms with E-state index in [1.807, 2.05) is 20.9 Å². The van der Waals surface area contributed by atoms with Crippen LogP contribution in [0.15, 0.2) is 18.3 Å². The van der Waals surface area contributed by atoms with Crippen LogP contribution in [0.1, 0.15) is 29.9 Å². The summed E-state index contributed by atoms with van der Waals surface area (Å²) < 4.78 is 6.97. The second kappa shape index (κ2) is 6.96. The molecule has 0 spiro atoms. The number of rotatable bonds is 7. The number of aryl methyl sites for hydroxylation is 2. The Morgan fingerprint density at radius 2 is 2.33 bits per heavy atom. The van der Waals surface area contributed by atoms with Gasteiger partial charge in [-0.15, -0.1) is 0 Å². The summed E-state index contributed by atoms with van der Waals surface area (Å²) in [6, 6.07) is 0. The van der Waals surface area contributed by atoms with Gasteiger partial charge in [0.15, 0.2) is 0 Å². The van der Waals surface area contributed by atoms with E-state index in [1.165, 1.54) is 0 Å². The fourth-order valence-corrected chi connectivity index (χ4v) is 1.56. The predicted molar refractivity (Wildman–Crippen MR) is 70.6 cm³/mol. The highest BCUT2D eigenvalue weighted by Gasteiger charge is 2.13. The van der Waals surface area contributed by atoms with E-state index >= 15 is 0 Å². The minimum atomic E-state index is -0.0983. The van der Waals surface area contributed by atoms with Gasteiger partial charge in [-0.05, 0) is 13.3 Å². The third kappa shape index (κ3) is 4.33. The molecular weight excluding hydrogens is 230 g/mol. The molecule has 1 heterocycles. The smallest absolute Gasteiger partial charge is 0.254 e. The van der Waals surface area contributed by atoms with Gasteiger partial charge < -0.3 is 10.1 Å². The van der Waals surface area contributed by atoms with Gasteiger partial charge in [0.2, 0.25) is 0 Å². The molecule has 1 aromatic heterocycles. The molecule has 0 aliphatic heterocycles. The molecule has 0 aliphatic rings. The Balaban J connectivity index is 2.38. The molecule has 0 atom stereocenters. The zero-order chi connectivity index (χ0) is 13.5. The third-order valence-corrected chi connectivity index (χ3v) is 2.37. The fraction of sp³-hybridized carbons (Fsp3) is 0.538. The molecule has 0 radical (unpaired) electrons. The zero-order valence-corrected chi connectivity index (χ0v) is 11.3. The van der Waals surface area contributed by atoms with Crippen molar-refractivity contribution >= 4 is 5.91 Å². The number of aromatic nitrogens is 2. The Labute approximate surface area is 108 Å². The van der Waals surface area contributed by atoms with Crippen molar-refractivity contribution in [3.63, 3.8) is 0 Å². The Kier molecular flexibility index (Phi) is 5.58. The monoisotopic (exact) mass is 251 g/mol. The fourth-order valence-electron chi connectivity index (χ4n) is 1.56. The van der Waals surface area contributed by atoms with Crippen molar-refractivity contribution in [2.24, 2.45) is 7.05 Å². The molecule has 1 aromatic rings. The van der Waals surface area contributed by atoms with Gasteiger partial charge in [-0.2, -0.15) is 5.10 Å². The van der Waals surface area contributed by atoms with Crippen LogP contribution in [0.3, 0.4) is 0 Å². The lowest BCUT2D eigenvalue weighted by molar-refractivity contribution is 0.0926. The summed E-state index contributed by atoms with van der Waals surface area (Å²) in [5, 5.41) is 7.04. The van der Waals surface area contributed by atoms with Gasteiger partial charge in [-0.25, -0.2) is 0 Å². The van der Waals surface area contributed by atoms with Crippen LogP contribution in [0.4, 0.5) is 0 Å². The highest BCUT2D eigenvalue weighted by molar-refractivity contribution is 5.95. The highest BCUT2D eigenvalue weighted by atomic mass is 16.5. The molecule has 1 rings (SSSR count). The molecule has 0 fully saturated rings. The molecule has 5 nitrogen and oxygen atoms in total. The quantitative estimate of drug-likeness (QED) is 0.587. The molecule has 1 amide bonds. The normalized spacial score (nSPS) is 10.4. The molecule has 0 bridgehead atoms. The van der Waals surface area contributed by atoms with Crippen LogP contribution >= 0.6 is 0 Å². The average Bonchev–Trinajstić information content (AvgIpc) is 2.69. The van der Waals surface area contributed by atoms with Crippen molar-refractivity contribution in [3.8, 4) is 0 Å². The van der Waals surface area contributed by atoms with E-state index in [1.54, 1.807) is 10.9 Å². The molecule has 0 saturated carbocycles. The third-order valence-electron chi connectivity index (χ3n) is 2.37. The van der Waals surface area contributed by atoms with E-state index < -0.39 is 0 Å². The lowest BCUT2D eigenvalue weighted by atomic mass is 10.2. The van der Waals surface area contributed by atoms with Crippen LogP contribution in [0.5, 0.6) is 0 Å². The first kappa shape index (κ1) is 14.4. The van der Waals surface area contributed by atoms with Crippen LogP contribution in [-0.2, 0) is 18.2 Å². The van der Waals surface area contributed by atoms with E-state index in [9.17, 15) is 4.79 Å². The maximum atomic E-state index is 11.9. The first-order valence-electron chi connectivity index (χ1n) is 6.07. The summed E-state index contributed by atoms with van der Waals surface area (Å²) in [5.74, 6) is -0.0983. The summed E-state index contributed by atoms with van der Waals surface area (Å²) in [6.45, 7) is 9.13. The number of hydrogen-bond donors (Lipinski definition) is 1. The summed E-state index contributed by atoms with van der Waals surface area (Å²) in [6.07, 6.45) is 2.48. The number of hydrogen-bond acceptors (Lipinski definition) is 3. The molecule has 0 unspecified atom stereocenters. The number of amides is 1. The van der Waals surface area contributed by atoms with Crippen molar-refractivity contribution in [2.75, 3.05) is 19.8 Å². The number of carbonyl (C=O) groups excluding carboxylic acids is 1. The van der Waals surface area contributed by atoms with Crippen molar-refractivity contribution < 1.29 is 9.53 Å². The SMILES string of the molecule is C=C(C)COCCNC(=O)c1cn(C)nc1CC. The molecule has 18 heavy (non-hydrogen) atoms. The van der Waals surface area contributed by atoms with E-state index in [0.717, 1.165) is 17.7 Å². The molecule has 5 heteroatoms. The molecule has 0 saturated heterocycles. The van der Waals surface area contributed by atoms with E-state index in [-0.39, 0.29) is 5.91 Å². The summed E-state index contributed by atoms with van der Waals surface area (Å²) in [7, 11) is 1.81. The van der Waals surface area contributed by atoms with Crippen LogP contribution in [0, 0.1) is 0 Å². The molecule has 0 aliphatic carbocycles. The van der Waals surface area contributed by atoms with Crippen molar-refractivity contribution in [2.45, 2.75) is 20.3 Å². The van der Waals surface area contributed by atoms with Crippen molar-refractivity contribution in [1.29, 1.82) is 0 Å². The van der Waals surface area contributed by atoms with Crippen LogP contribution in [0.2, 0.25) is 0 Å². The topological polar surface area (TPSA) is 56.1 Å². The van der Waals surface area contributed by atoms with Gasteiger partial charge in [0, 0.05) is 19.8 Å². The van der Waals surface area contributed by atoms with Gasteiger partial charge >= 0.3 is 0 Å². The first-order chi connectivity index (χ1) is 8.54. The van der Waals surface area contributed by atoms with E-state index in [0.29, 0.717) is 25.3 Å². The van der Waals surface area contributed by atoms with Crippen molar-refractivity contribution in [1.82, 2.24) is 15.1 Å². The maximum absolute atomic E-state index is 11.9. The number of ether oxygens (including phenoxy) is 1. The summed E-state index contributed by atoms with van der Waals surface area (Å²) >= 11 is 0. The summed E-state index contributed by atoms with van der Waals surface area (Å²) in [5.41, 5.74) is 2.43. The van der Waals surface area contributed by atoms with Gasteiger partial charge in [-0.1, -0.05) is 19.1 Å². The van der Waals surface area contributed by atoms with Gasteiger partial charge in [0.1, 0.15) is 0 Å². The minimum Gasteiger partial charge on any atom is -0.375 e. The highest BCUT2D eigenvalue weighted by Crippen LogP contribution is 2.06. The average molecular weight is 251 g/mol. The zero-order valence-electron chi connectivity index (χ0n) is 11.3. The minimum absolute atomic E-state index is 0.0983. The van der Waals surface area contributed by atoms with E-state index in [4.69, 9.17) is 4.74 Å². The predicted octanol–water partition coefficient (Wildman–Crippen LogP) is 1.30. The lowest BCUT2D eigenvalue weighted by Crippen LogP contribution is -2.27. The van der Waals surface area contributed by atoms with Gasteiger partial charge in [-0.3, -0.25) is 9.48 Å². The van der Waals surface area contributed by atoms with Gasteiger partial charge in [0.25, 0.3) is 5.91 Å². The number of carbonyl (C=O) groups is 1. The first-order valence-corrected chi connectivity index (χ1v) is 6.07. The second-order valence-corrected chi connectivity index (χ2v) is 4.28. The van der Waals surface area contributed by atoms with E-state index in [2.05, 4.69) is 17.0 Å². The Morgan fingerprint density at radius 1 is 1.61 bits per heavy atom. The van der Waals surface area contributed by atoms with Gasteiger partial charge in [0.05, 0.1) is 24.5 Å². The lowest BCUT2D eigenvalue weighted by Gasteiger charge is -2.06. The Bertz CT molecular complexity index is 424. The molecule has 0 aromatic carbocycles. The second-order valence-electron chi connectivity index (χ2n) is 4.28.